The van der Waals surface area contributed by atoms with E-state index in [4.69, 9.17) is 39.8 Å². The number of thioether (sulfide) groups is 1. The summed E-state index contributed by atoms with van der Waals surface area (Å²) in [6, 6.07) is 16.5. The summed E-state index contributed by atoms with van der Waals surface area (Å²) < 4.78 is 5.89. The van der Waals surface area contributed by atoms with E-state index < -0.39 is 0 Å². The molecule has 1 aliphatic heterocycles. The van der Waals surface area contributed by atoms with Gasteiger partial charge in [0.15, 0.2) is 0 Å². The van der Waals surface area contributed by atoms with Crippen molar-refractivity contribution in [3.05, 3.63) is 80.9 Å². The molecule has 0 bridgehead atoms. The number of hydrogen-bond donors (Lipinski definition) is 0. The third kappa shape index (κ3) is 3.89. The molecule has 0 radical (unpaired) electrons. The van der Waals surface area contributed by atoms with Gasteiger partial charge >= 0.3 is 0 Å². The Hall–Kier alpha value is -2.05. The first kappa shape index (κ1) is 19.3. The van der Waals surface area contributed by atoms with Gasteiger partial charge in [-0.3, -0.25) is 9.69 Å². The van der Waals surface area contributed by atoms with Crippen molar-refractivity contribution in [1.82, 2.24) is 0 Å². The summed E-state index contributed by atoms with van der Waals surface area (Å²) in [6.45, 7) is 2.00. The molecule has 3 aromatic rings. The van der Waals surface area contributed by atoms with Crippen molar-refractivity contribution in [2.75, 3.05) is 4.90 Å². The number of carbonyl (C=O) groups excluding carboxylic acids is 1. The lowest BCUT2D eigenvalue weighted by Gasteiger charge is -2.14. The molecule has 1 amide bonds. The van der Waals surface area contributed by atoms with E-state index in [1.807, 2.05) is 43.3 Å². The van der Waals surface area contributed by atoms with Crippen LogP contribution in [-0.2, 0) is 0 Å². The van der Waals surface area contributed by atoms with Crippen LogP contribution in [0, 0.1) is 6.92 Å². The van der Waals surface area contributed by atoms with Gasteiger partial charge in [0.2, 0.25) is 0 Å². The second kappa shape index (κ2) is 7.76. The number of benzene rings is 2. The smallest absolute Gasteiger partial charge is 0.296 e. The molecule has 0 aliphatic carbocycles. The highest BCUT2D eigenvalue weighted by Gasteiger charge is 2.33. The third-order valence-corrected chi connectivity index (χ3v) is 5.99. The highest BCUT2D eigenvalue weighted by molar-refractivity contribution is 8.20. The summed E-state index contributed by atoms with van der Waals surface area (Å²) in [4.78, 5) is 15.1. The average molecular weight is 446 g/mol. The Morgan fingerprint density at radius 2 is 1.71 bits per heavy atom. The SMILES string of the molecule is Cc1ccc(N2C(=O)SC(=Cc3ccc(-c4cc(Cl)cc(Cl)c4)o3)C2=S)cc1. The molecule has 2 heterocycles. The molecule has 0 spiro atoms. The number of anilines is 1. The zero-order valence-corrected chi connectivity index (χ0v) is 17.8. The summed E-state index contributed by atoms with van der Waals surface area (Å²) in [5, 5.41) is 0.935. The number of furan rings is 1. The number of hydrogen-bond acceptors (Lipinski definition) is 4. The topological polar surface area (TPSA) is 33.5 Å². The van der Waals surface area contributed by atoms with Crippen LogP contribution in [0.15, 0.2) is 63.9 Å². The lowest BCUT2D eigenvalue weighted by molar-refractivity contribution is 0.268. The highest BCUT2D eigenvalue weighted by atomic mass is 35.5. The predicted molar refractivity (Wildman–Crippen MR) is 121 cm³/mol. The van der Waals surface area contributed by atoms with Crippen LogP contribution in [0.2, 0.25) is 10.0 Å². The Kier molecular flexibility index (Phi) is 5.34. The number of nitrogens with zero attached hydrogens (tertiary/aromatic N) is 1. The molecule has 1 saturated heterocycles. The first-order chi connectivity index (χ1) is 13.4. The van der Waals surface area contributed by atoms with Gasteiger partial charge in [0.05, 0.1) is 10.6 Å². The van der Waals surface area contributed by atoms with Gasteiger partial charge in [-0.25, -0.2) is 0 Å². The highest BCUT2D eigenvalue weighted by Crippen LogP contribution is 2.37. The summed E-state index contributed by atoms with van der Waals surface area (Å²) in [5.41, 5.74) is 2.65. The average Bonchev–Trinajstić information content (AvgIpc) is 3.21. The van der Waals surface area contributed by atoms with Gasteiger partial charge in [-0.15, -0.1) is 0 Å². The minimum atomic E-state index is -0.131. The molecule has 4 rings (SSSR count). The Bertz CT molecular complexity index is 1100. The Morgan fingerprint density at radius 1 is 1.04 bits per heavy atom. The van der Waals surface area contributed by atoms with Crippen molar-refractivity contribution in [2.45, 2.75) is 6.92 Å². The van der Waals surface area contributed by atoms with Crippen molar-refractivity contribution in [3.8, 4) is 11.3 Å². The van der Waals surface area contributed by atoms with E-state index >= 15 is 0 Å². The molecule has 1 aromatic heterocycles. The number of aryl methyl sites for hydroxylation is 1. The van der Waals surface area contributed by atoms with E-state index in [1.165, 1.54) is 4.90 Å². The van der Waals surface area contributed by atoms with E-state index in [0.717, 1.165) is 28.6 Å². The van der Waals surface area contributed by atoms with E-state index in [0.29, 0.717) is 31.5 Å². The quantitative estimate of drug-likeness (QED) is 0.306. The minimum Gasteiger partial charge on any atom is -0.457 e. The van der Waals surface area contributed by atoms with E-state index in [-0.39, 0.29) is 5.24 Å². The van der Waals surface area contributed by atoms with Gasteiger partial charge < -0.3 is 4.42 Å². The van der Waals surface area contributed by atoms with Crippen molar-refractivity contribution in [1.29, 1.82) is 0 Å². The zero-order chi connectivity index (χ0) is 19.8. The maximum Gasteiger partial charge on any atom is 0.296 e. The van der Waals surface area contributed by atoms with Crippen LogP contribution >= 0.6 is 47.2 Å². The van der Waals surface area contributed by atoms with E-state index in [2.05, 4.69) is 0 Å². The molecular weight excluding hydrogens is 433 g/mol. The number of halogens is 2. The molecule has 0 N–H and O–H groups in total. The second-order valence-corrected chi connectivity index (χ2v) is 8.47. The van der Waals surface area contributed by atoms with Gasteiger partial charge in [0, 0.05) is 15.6 Å². The summed E-state index contributed by atoms with van der Waals surface area (Å²) in [6.07, 6.45) is 1.77. The molecule has 0 atom stereocenters. The largest absolute Gasteiger partial charge is 0.457 e. The fraction of sp³-hybridized carbons (Fsp3) is 0.0476. The van der Waals surface area contributed by atoms with Gasteiger partial charge in [0.1, 0.15) is 16.5 Å². The molecular formula is C21H13Cl2NO2S2. The van der Waals surface area contributed by atoms with E-state index in [9.17, 15) is 4.79 Å². The molecule has 3 nitrogen and oxygen atoms in total. The Balaban J connectivity index is 1.61. The van der Waals surface area contributed by atoms with Crippen molar-refractivity contribution >= 4 is 69.2 Å². The molecule has 1 aliphatic rings. The standard InChI is InChI=1S/C21H13Cl2NO2S2/c1-12-2-4-16(5-3-12)24-20(27)19(28-21(24)25)11-17-6-7-18(26-17)13-8-14(22)10-15(23)9-13/h2-11H,1H3. The van der Waals surface area contributed by atoms with Crippen LogP contribution in [0.4, 0.5) is 10.5 Å². The lowest BCUT2D eigenvalue weighted by atomic mass is 10.2. The molecule has 1 fully saturated rings. The number of rotatable bonds is 3. The molecule has 0 unspecified atom stereocenters. The van der Waals surface area contributed by atoms with Gasteiger partial charge in [-0.05, 0) is 67.2 Å². The summed E-state index contributed by atoms with van der Waals surface area (Å²) in [7, 11) is 0. The molecule has 140 valence electrons. The molecule has 2 aromatic carbocycles. The first-order valence-corrected chi connectivity index (χ1v) is 10.3. The van der Waals surface area contributed by atoms with Crippen LogP contribution in [-0.4, -0.2) is 10.2 Å². The van der Waals surface area contributed by atoms with Crippen molar-refractivity contribution in [3.63, 3.8) is 0 Å². The Labute approximate surface area is 181 Å². The predicted octanol–water partition coefficient (Wildman–Crippen LogP) is 7.60. The summed E-state index contributed by atoms with van der Waals surface area (Å²) >= 11 is 18.7. The third-order valence-electron chi connectivity index (χ3n) is 4.13. The maximum absolute atomic E-state index is 12.5. The fourth-order valence-electron chi connectivity index (χ4n) is 2.80. The van der Waals surface area contributed by atoms with Gasteiger partial charge in [0.25, 0.3) is 5.24 Å². The number of amides is 1. The zero-order valence-electron chi connectivity index (χ0n) is 14.6. The molecule has 0 saturated carbocycles. The molecule has 28 heavy (non-hydrogen) atoms. The van der Waals surface area contributed by atoms with Crippen LogP contribution < -0.4 is 4.90 Å². The summed E-state index contributed by atoms with van der Waals surface area (Å²) in [5.74, 6) is 1.22. The normalized spacial score (nSPS) is 15.7. The van der Waals surface area contributed by atoms with Crippen molar-refractivity contribution < 1.29 is 9.21 Å². The lowest BCUT2D eigenvalue weighted by Crippen LogP contribution is -2.26. The van der Waals surface area contributed by atoms with Crippen molar-refractivity contribution in [2.24, 2.45) is 0 Å². The number of thiocarbonyl (C=S) groups is 1. The van der Waals surface area contributed by atoms with Crippen LogP contribution in [0.25, 0.3) is 17.4 Å². The maximum atomic E-state index is 12.5. The molecule has 7 heteroatoms. The van der Waals surface area contributed by atoms with Crippen LogP contribution in [0.3, 0.4) is 0 Å². The van der Waals surface area contributed by atoms with Gasteiger partial charge in [-0.1, -0.05) is 53.1 Å². The second-order valence-electron chi connectivity index (χ2n) is 6.21. The fourth-order valence-corrected chi connectivity index (χ4v) is 4.58. The van der Waals surface area contributed by atoms with Crippen LogP contribution in [0.5, 0.6) is 0 Å². The minimum absolute atomic E-state index is 0.131. The van der Waals surface area contributed by atoms with Crippen LogP contribution in [0.1, 0.15) is 11.3 Å². The Morgan fingerprint density at radius 3 is 2.39 bits per heavy atom. The first-order valence-electron chi connectivity index (χ1n) is 8.31. The number of carbonyl (C=O) groups is 1. The monoisotopic (exact) mass is 445 g/mol. The van der Waals surface area contributed by atoms with Gasteiger partial charge in [-0.2, -0.15) is 0 Å². The van der Waals surface area contributed by atoms with E-state index in [1.54, 1.807) is 24.3 Å².